The minimum Gasteiger partial charge on any atom is -0.506 e. The SMILES string of the molecule is COC(=O)C1=C(O)c2ccccc2OC1c1ccc(F)cc1. The fourth-order valence-corrected chi connectivity index (χ4v) is 2.41. The van der Waals surface area contributed by atoms with Gasteiger partial charge in [0.2, 0.25) is 0 Å². The topological polar surface area (TPSA) is 55.8 Å². The first-order chi connectivity index (χ1) is 10.6. The molecule has 2 aromatic carbocycles. The maximum absolute atomic E-state index is 13.1. The van der Waals surface area contributed by atoms with Crippen LogP contribution in [-0.2, 0) is 9.53 Å². The van der Waals surface area contributed by atoms with E-state index < -0.39 is 17.9 Å². The Morgan fingerprint density at radius 2 is 1.86 bits per heavy atom. The van der Waals surface area contributed by atoms with E-state index >= 15 is 0 Å². The van der Waals surface area contributed by atoms with Crippen LogP contribution in [0.15, 0.2) is 54.1 Å². The molecule has 1 heterocycles. The van der Waals surface area contributed by atoms with Crippen molar-refractivity contribution in [3.63, 3.8) is 0 Å². The molecule has 0 radical (unpaired) electrons. The maximum Gasteiger partial charge on any atom is 0.341 e. The second-order valence-corrected chi connectivity index (χ2v) is 4.80. The smallest absolute Gasteiger partial charge is 0.341 e. The van der Waals surface area contributed by atoms with Crippen LogP contribution in [0, 0.1) is 5.82 Å². The lowest BCUT2D eigenvalue weighted by Gasteiger charge is -2.27. The Hall–Kier alpha value is -2.82. The van der Waals surface area contributed by atoms with Crippen LogP contribution in [0.4, 0.5) is 4.39 Å². The van der Waals surface area contributed by atoms with Gasteiger partial charge in [-0.25, -0.2) is 9.18 Å². The fraction of sp³-hybridized carbons (Fsp3) is 0.118. The van der Waals surface area contributed by atoms with Crippen molar-refractivity contribution in [2.75, 3.05) is 7.11 Å². The summed E-state index contributed by atoms with van der Waals surface area (Å²) >= 11 is 0. The van der Waals surface area contributed by atoms with Gasteiger partial charge < -0.3 is 14.6 Å². The Labute approximate surface area is 126 Å². The molecule has 4 nitrogen and oxygen atoms in total. The van der Waals surface area contributed by atoms with E-state index in [9.17, 15) is 14.3 Å². The first kappa shape index (κ1) is 14.1. The van der Waals surface area contributed by atoms with Gasteiger partial charge in [0, 0.05) is 0 Å². The number of para-hydroxylation sites is 1. The van der Waals surface area contributed by atoms with Gasteiger partial charge in [-0.2, -0.15) is 0 Å². The Balaban J connectivity index is 2.16. The number of hydrogen-bond donors (Lipinski definition) is 1. The van der Waals surface area contributed by atoms with Gasteiger partial charge in [0.1, 0.15) is 22.9 Å². The molecule has 1 N–H and O–H groups in total. The van der Waals surface area contributed by atoms with E-state index in [1.807, 2.05) is 0 Å². The number of aliphatic hydroxyl groups is 1. The number of halogens is 1. The largest absolute Gasteiger partial charge is 0.506 e. The summed E-state index contributed by atoms with van der Waals surface area (Å²) < 4.78 is 23.7. The maximum atomic E-state index is 13.1. The normalized spacial score (nSPS) is 16.7. The van der Waals surface area contributed by atoms with Crippen LogP contribution in [0.2, 0.25) is 0 Å². The molecule has 1 aliphatic heterocycles. The minimum absolute atomic E-state index is 0.00666. The van der Waals surface area contributed by atoms with Gasteiger partial charge in [-0.1, -0.05) is 24.3 Å². The molecule has 3 rings (SSSR count). The molecule has 0 amide bonds. The van der Waals surface area contributed by atoms with Gasteiger partial charge in [0.05, 0.1) is 12.7 Å². The molecule has 0 fully saturated rings. The number of carbonyl (C=O) groups is 1. The molecule has 0 spiro atoms. The van der Waals surface area contributed by atoms with Crippen LogP contribution >= 0.6 is 0 Å². The molecule has 1 atom stereocenters. The summed E-state index contributed by atoms with van der Waals surface area (Å²) in [5.74, 6) is -0.834. The third kappa shape index (κ3) is 2.30. The zero-order chi connectivity index (χ0) is 15.7. The molecule has 0 aliphatic carbocycles. The van der Waals surface area contributed by atoms with E-state index in [1.54, 1.807) is 24.3 Å². The third-order valence-corrected chi connectivity index (χ3v) is 3.48. The van der Waals surface area contributed by atoms with Gasteiger partial charge in [0.25, 0.3) is 0 Å². The van der Waals surface area contributed by atoms with Crippen LogP contribution in [-0.4, -0.2) is 18.2 Å². The highest BCUT2D eigenvalue weighted by atomic mass is 19.1. The first-order valence-electron chi connectivity index (χ1n) is 6.64. The lowest BCUT2D eigenvalue weighted by atomic mass is 9.94. The Kier molecular flexibility index (Phi) is 3.55. The highest BCUT2D eigenvalue weighted by molar-refractivity contribution is 5.98. The summed E-state index contributed by atoms with van der Waals surface area (Å²) in [6, 6.07) is 12.4. The predicted octanol–water partition coefficient (Wildman–Crippen LogP) is 3.40. The van der Waals surface area contributed by atoms with Gasteiger partial charge in [-0.05, 0) is 29.8 Å². The van der Waals surface area contributed by atoms with Crippen molar-refractivity contribution in [2.24, 2.45) is 0 Å². The molecule has 0 saturated heterocycles. The zero-order valence-electron chi connectivity index (χ0n) is 11.7. The van der Waals surface area contributed by atoms with E-state index in [1.165, 1.54) is 31.4 Å². The highest BCUT2D eigenvalue weighted by Gasteiger charge is 2.35. The number of fused-ring (bicyclic) bond motifs is 1. The van der Waals surface area contributed by atoms with Gasteiger partial charge in [-0.15, -0.1) is 0 Å². The summed E-state index contributed by atoms with van der Waals surface area (Å²) in [7, 11) is 1.23. The standard InChI is InChI=1S/C17H13FO4/c1-21-17(20)14-15(19)12-4-2-3-5-13(12)22-16(14)10-6-8-11(18)9-7-10/h2-9,16,19H,1H3. The average Bonchev–Trinajstić information content (AvgIpc) is 2.55. The number of aliphatic hydroxyl groups excluding tert-OH is 1. The summed E-state index contributed by atoms with van der Waals surface area (Å²) in [4.78, 5) is 12.0. The van der Waals surface area contributed by atoms with Crippen molar-refractivity contribution >= 4 is 11.7 Å². The lowest BCUT2D eigenvalue weighted by Crippen LogP contribution is -2.23. The summed E-state index contributed by atoms with van der Waals surface area (Å²) in [5, 5.41) is 10.4. The number of ether oxygens (including phenoxy) is 2. The van der Waals surface area contributed by atoms with Gasteiger partial charge >= 0.3 is 5.97 Å². The molecule has 112 valence electrons. The number of benzene rings is 2. The Morgan fingerprint density at radius 3 is 2.55 bits per heavy atom. The monoisotopic (exact) mass is 300 g/mol. The average molecular weight is 300 g/mol. The molecule has 2 aromatic rings. The molecular weight excluding hydrogens is 287 g/mol. The zero-order valence-corrected chi connectivity index (χ0v) is 11.7. The van der Waals surface area contributed by atoms with E-state index in [0.29, 0.717) is 16.9 Å². The number of esters is 1. The molecule has 1 unspecified atom stereocenters. The molecule has 22 heavy (non-hydrogen) atoms. The third-order valence-electron chi connectivity index (χ3n) is 3.48. The number of hydrogen-bond acceptors (Lipinski definition) is 4. The fourth-order valence-electron chi connectivity index (χ4n) is 2.41. The van der Waals surface area contributed by atoms with Crippen LogP contribution in [0.3, 0.4) is 0 Å². The minimum atomic E-state index is -0.858. The number of methoxy groups -OCH3 is 1. The van der Waals surface area contributed by atoms with E-state index in [-0.39, 0.29) is 11.3 Å². The number of carbonyl (C=O) groups excluding carboxylic acids is 1. The molecule has 1 aliphatic rings. The lowest BCUT2D eigenvalue weighted by molar-refractivity contribution is -0.137. The van der Waals surface area contributed by atoms with Gasteiger partial charge in [0.15, 0.2) is 6.10 Å². The predicted molar refractivity (Wildman–Crippen MR) is 77.8 cm³/mol. The van der Waals surface area contributed by atoms with Crippen molar-refractivity contribution < 1.29 is 23.8 Å². The summed E-state index contributed by atoms with van der Waals surface area (Å²) in [6.45, 7) is 0. The van der Waals surface area contributed by atoms with Crippen LogP contribution in [0.25, 0.3) is 5.76 Å². The van der Waals surface area contributed by atoms with E-state index in [4.69, 9.17) is 9.47 Å². The summed E-state index contributed by atoms with van der Waals surface area (Å²) in [6.07, 6.45) is -0.858. The molecule has 5 heteroatoms. The van der Waals surface area contributed by atoms with E-state index in [0.717, 1.165) is 0 Å². The Bertz CT molecular complexity index is 750. The van der Waals surface area contributed by atoms with Crippen molar-refractivity contribution in [1.29, 1.82) is 0 Å². The summed E-state index contributed by atoms with van der Waals surface area (Å²) in [5.41, 5.74) is 0.955. The quantitative estimate of drug-likeness (QED) is 0.864. The van der Waals surface area contributed by atoms with Crippen molar-refractivity contribution in [1.82, 2.24) is 0 Å². The van der Waals surface area contributed by atoms with E-state index in [2.05, 4.69) is 0 Å². The van der Waals surface area contributed by atoms with Crippen LogP contribution in [0.1, 0.15) is 17.2 Å². The molecule has 0 aromatic heterocycles. The van der Waals surface area contributed by atoms with Gasteiger partial charge in [-0.3, -0.25) is 0 Å². The van der Waals surface area contributed by atoms with Crippen LogP contribution in [0.5, 0.6) is 5.75 Å². The first-order valence-corrected chi connectivity index (χ1v) is 6.64. The Morgan fingerprint density at radius 1 is 1.18 bits per heavy atom. The van der Waals surface area contributed by atoms with Crippen molar-refractivity contribution in [3.8, 4) is 5.75 Å². The molecule has 0 saturated carbocycles. The van der Waals surface area contributed by atoms with Crippen LogP contribution < -0.4 is 4.74 Å². The van der Waals surface area contributed by atoms with Crippen molar-refractivity contribution in [2.45, 2.75) is 6.10 Å². The second-order valence-electron chi connectivity index (χ2n) is 4.80. The second kappa shape index (κ2) is 5.52. The number of rotatable bonds is 2. The van der Waals surface area contributed by atoms with Crippen molar-refractivity contribution in [3.05, 3.63) is 71.0 Å². The molecule has 0 bridgehead atoms. The molecular formula is C17H13FO4. The highest BCUT2D eigenvalue weighted by Crippen LogP contribution is 2.41.